The number of anilines is 1. The van der Waals surface area contributed by atoms with Crippen LogP contribution in [0.1, 0.15) is 25.7 Å². The molecule has 1 fully saturated rings. The van der Waals surface area contributed by atoms with E-state index in [4.69, 9.17) is 0 Å². The van der Waals surface area contributed by atoms with Crippen LogP contribution in [0.25, 0.3) is 0 Å². The van der Waals surface area contributed by atoms with Crippen LogP contribution in [0, 0.1) is 0 Å². The first kappa shape index (κ1) is 13.9. The number of sulfone groups is 1. The maximum Gasteiger partial charge on any atom is 0.154 e. The number of benzene rings is 1. The molecule has 1 aliphatic carbocycles. The molecular formula is C13H18BrNO2S. The molecule has 1 aromatic rings. The second-order valence-corrected chi connectivity index (χ2v) is 7.94. The SMILES string of the molecule is O=S(=O)(CCNc1ccccc1Br)C1CCCC1. The molecule has 0 atom stereocenters. The molecule has 3 nitrogen and oxygen atoms in total. The summed E-state index contributed by atoms with van der Waals surface area (Å²) in [6.45, 7) is 0.474. The number of hydrogen-bond acceptors (Lipinski definition) is 3. The Morgan fingerprint density at radius 3 is 2.56 bits per heavy atom. The van der Waals surface area contributed by atoms with E-state index in [1.165, 1.54) is 0 Å². The molecule has 0 saturated heterocycles. The molecule has 1 aromatic carbocycles. The van der Waals surface area contributed by atoms with Crippen molar-refractivity contribution in [3.8, 4) is 0 Å². The van der Waals surface area contributed by atoms with Gasteiger partial charge in [-0.05, 0) is 40.9 Å². The third kappa shape index (κ3) is 3.48. The van der Waals surface area contributed by atoms with E-state index in [2.05, 4.69) is 21.2 Å². The number of rotatable bonds is 5. The van der Waals surface area contributed by atoms with Crippen LogP contribution >= 0.6 is 15.9 Å². The number of hydrogen-bond donors (Lipinski definition) is 1. The minimum Gasteiger partial charge on any atom is -0.383 e. The van der Waals surface area contributed by atoms with Crippen LogP contribution in [-0.4, -0.2) is 26.0 Å². The lowest BCUT2D eigenvalue weighted by atomic mass is 10.3. The molecule has 0 aliphatic heterocycles. The fourth-order valence-electron chi connectivity index (χ4n) is 2.35. The Morgan fingerprint density at radius 1 is 1.22 bits per heavy atom. The molecule has 1 aliphatic rings. The van der Waals surface area contributed by atoms with Gasteiger partial charge in [-0.2, -0.15) is 0 Å². The smallest absolute Gasteiger partial charge is 0.154 e. The fraction of sp³-hybridized carbons (Fsp3) is 0.538. The minimum atomic E-state index is -2.92. The lowest BCUT2D eigenvalue weighted by Crippen LogP contribution is -2.25. The molecule has 0 bridgehead atoms. The largest absolute Gasteiger partial charge is 0.383 e. The van der Waals surface area contributed by atoms with Gasteiger partial charge in [0.25, 0.3) is 0 Å². The van der Waals surface area contributed by atoms with Gasteiger partial charge in [-0.3, -0.25) is 0 Å². The Kier molecular flexibility index (Phi) is 4.67. The molecule has 0 spiro atoms. The average Bonchev–Trinajstić information content (AvgIpc) is 2.86. The highest BCUT2D eigenvalue weighted by Crippen LogP contribution is 2.25. The van der Waals surface area contributed by atoms with E-state index in [1.807, 2.05) is 24.3 Å². The van der Waals surface area contributed by atoms with Crippen molar-refractivity contribution in [1.29, 1.82) is 0 Å². The van der Waals surface area contributed by atoms with Crippen molar-refractivity contribution in [2.45, 2.75) is 30.9 Å². The molecule has 0 heterocycles. The standard InChI is InChI=1S/C13H18BrNO2S/c14-12-7-3-4-8-13(12)15-9-10-18(16,17)11-5-1-2-6-11/h3-4,7-8,11,15H,1-2,5-6,9-10H2. The molecule has 2 rings (SSSR count). The zero-order valence-corrected chi connectivity index (χ0v) is 12.6. The van der Waals surface area contributed by atoms with Crippen LogP contribution in [0.5, 0.6) is 0 Å². The predicted octanol–water partition coefficient (Wildman–Crippen LogP) is 3.22. The van der Waals surface area contributed by atoms with E-state index < -0.39 is 9.84 Å². The Hall–Kier alpha value is -0.550. The van der Waals surface area contributed by atoms with E-state index in [1.54, 1.807) is 0 Å². The van der Waals surface area contributed by atoms with Gasteiger partial charge in [0.05, 0.1) is 11.0 Å². The summed E-state index contributed by atoms with van der Waals surface area (Å²) in [5.74, 6) is 0.221. The summed E-state index contributed by atoms with van der Waals surface area (Å²) in [5.41, 5.74) is 0.944. The molecule has 0 amide bonds. The molecule has 0 unspecified atom stereocenters. The molecule has 0 radical (unpaired) electrons. The zero-order valence-electron chi connectivity index (χ0n) is 10.2. The monoisotopic (exact) mass is 331 g/mol. The first-order valence-electron chi connectivity index (χ1n) is 6.29. The molecular weight excluding hydrogens is 314 g/mol. The Balaban J connectivity index is 1.87. The van der Waals surface area contributed by atoms with Crippen LogP contribution in [0.3, 0.4) is 0 Å². The highest BCUT2D eigenvalue weighted by atomic mass is 79.9. The molecule has 1 saturated carbocycles. The van der Waals surface area contributed by atoms with Crippen molar-refractivity contribution in [2.24, 2.45) is 0 Å². The first-order valence-corrected chi connectivity index (χ1v) is 8.80. The van der Waals surface area contributed by atoms with Crippen LogP contribution in [0.4, 0.5) is 5.69 Å². The topological polar surface area (TPSA) is 46.2 Å². The Bertz CT molecular complexity index is 495. The number of halogens is 1. The van der Waals surface area contributed by atoms with Crippen molar-refractivity contribution >= 4 is 31.5 Å². The quantitative estimate of drug-likeness (QED) is 0.901. The summed E-state index contributed by atoms with van der Waals surface area (Å²) >= 11 is 3.43. The van der Waals surface area contributed by atoms with Crippen molar-refractivity contribution in [2.75, 3.05) is 17.6 Å². The fourth-order valence-corrected chi connectivity index (χ4v) is 4.54. The average molecular weight is 332 g/mol. The molecule has 5 heteroatoms. The van der Waals surface area contributed by atoms with Crippen LogP contribution in [0.2, 0.25) is 0 Å². The maximum atomic E-state index is 12.1. The second-order valence-electron chi connectivity index (χ2n) is 4.68. The molecule has 1 N–H and O–H groups in total. The second kappa shape index (κ2) is 6.06. The normalized spacial score (nSPS) is 16.9. The highest BCUT2D eigenvalue weighted by Gasteiger charge is 2.27. The molecule has 0 aromatic heterocycles. The summed E-state index contributed by atoms with van der Waals surface area (Å²) in [5, 5.41) is 3.07. The van der Waals surface area contributed by atoms with Crippen LogP contribution in [0.15, 0.2) is 28.7 Å². The maximum absolute atomic E-state index is 12.1. The van der Waals surface area contributed by atoms with Gasteiger partial charge < -0.3 is 5.32 Å². The number of nitrogens with one attached hydrogen (secondary N) is 1. The third-order valence-electron chi connectivity index (χ3n) is 3.39. The first-order chi connectivity index (χ1) is 8.59. The van der Waals surface area contributed by atoms with E-state index >= 15 is 0 Å². The summed E-state index contributed by atoms with van der Waals surface area (Å²) in [6, 6.07) is 7.74. The summed E-state index contributed by atoms with van der Waals surface area (Å²) in [4.78, 5) is 0. The predicted molar refractivity (Wildman–Crippen MR) is 78.7 cm³/mol. The van der Waals surface area contributed by atoms with Crippen molar-refractivity contribution in [3.05, 3.63) is 28.7 Å². The lowest BCUT2D eigenvalue weighted by Gasteiger charge is -2.12. The van der Waals surface area contributed by atoms with Gasteiger partial charge in [0.15, 0.2) is 9.84 Å². The van der Waals surface area contributed by atoms with E-state index in [9.17, 15) is 8.42 Å². The van der Waals surface area contributed by atoms with Gasteiger partial charge in [0, 0.05) is 16.7 Å². The minimum absolute atomic E-state index is 0.0986. The van der Waals surface area contributed by atoms with Gasteiger partial charge in [-0.1, -0.05) is 25.0 Å². The van der Waals surface area contributed by atoms with Crippen molar-refractivity contribution < 1.29 is 8.42 Å². The van der Waals surface area contributed by atoms with Gasteiger partial charge in [0.2, 0.25) is 0 Å². The third-order valence-corrected chi connectivity index (χ3v) is 6.34. The Labute approximate surface area is 117 Å². The van der Waals surface area contributed by atoms with E-state index in [0.29, 0.717) is 6.54 Å². The van der Waals surface area contributed by atoms with Crippen molar-refractivity contribution in [3.63, 3.8) is 0 Å². The van der Waals surface area contributed by atoms with Gasteiger partial charge in [0.1, 0.15) is 0 Å². The van der Waals surface area contributed by atoms with Crippen LogP contribution in [-0.2, 0) is 9.84 Å². The zero-order chi connectivity index (χ0) is 13.0. The summed E-state index contributed by atoms with van der Waals surface area (Å²) < 4.78 is 25.1. The highest BCUT2D eigenvalue weighted by molar-refractivity contribution is 9.10. The van der Waals surface area contributed by atoms with E-state index in [0.717, 1.165) is 35.8 Å². The lowest BCUT2D eigenvalue weighted by molar-refractivity contribution is 0.580. The van der Waals surface area contributed by atoms with Gasteiger partial charge in [-0.25, -0.2) is 8.42 Å². The van der Waals surface area contributed by atoms with Crippen LogP contribution < -0.4 is 5.32 Å². The number of para-hydroxylation sites is 1. The van der Waals surface area contributed by atoms with E-state index in [-0.39, 0.29) is 11.0 Å². The summed E-state index contributed by atoms with van der Waals surface area (Å²) in [7, 11) is -2.92. The van der Waals surface area contributed by atoms with Crippen molar-refractivity contribution in [1.82, 2.24) is 0 Å². The molecule has 100 valence electrons. The summed E-state index contributed by atoms with van der Waals surface area (Å²) in [6.07, 6.45) is 3.80. The van der Waals surface area contributed by atoms with Gasteiger partial charge in [-0.15, -0.1) is 0 Å². The molecule has 18 heavy (non-hydrogen) atoms. The Morgan fingerprint density at radius 2 is 1.89 bits per heavy atom. The van der Waals surface area contributed by atoms with Gasteiger partial charge >= 0.3 is 0 Å².